The summed E-state index contributed by atoms with van der Waals surface area (Å²) in [6, 6.07) is 0.836. The van der Waals surface area contributed by atoms with Gasteiger partial charge < -0.3 is 4.90 Å². The number of hydrogen-bond acceptors (Lipinski definition) is 4. The van der Waals surface area contributed by atoms with E-state index in [2.05, 4.69) is 27.4 Å². The minimum Gasteiger partial charge on any atom is -0.303 e. The normalized spacial score (nSPS) is 16.4. The second kappa shape index (κ2) is 7.58. The average Bonchev–Trinajstić information content (AvgIpc) is 2.95. The van der Waals surface area contributed by atoms with Crippen LogP contribution in [0.25, 0.3) is 0 Å². The Kier molecular flexibility index (Phi) is 5.75. The molecule has 1 saturated heterocycles. The largest absolute Gasteiger partial charge is 0.435 e. The Morgan fingerprint density at radius 3 is 2.65 bits per heavy atom. The molecule has 1 N–H and O–H groups in total. The molecule has 1 aromatic rings. The Morgan fingerprint density at radius 1 is 1.39 bits per heavy atom. The molecule has 0 unspecified atom stereocenters. The molecule has 0 saturated carbocycles. The van der Waals surface area contributed by atoms with Crippen LogP contribution in [0.3, 0.4) is 0 Å². The smallest absolute Gasteiger partial charge is 0.303 e. The van der Waals surface area contributed by atoms with E-state index in [1.807, 2.05) is 0 Å². The van der Waals surface area contributed by atoms with Crippen LogP contribution in [0.4, 0.5) is 13.2 Å². The van der Waals surface area contributed by atoms with Crippen molar-refractivity contribution in [2.45, 2.75) is 38.9 Å². The number of nitrogens with zero attached hydrogens (tertiary/aromatic N) is 4. The number of hydrogen-bond donors (Lipinski definition) is 1. The van der Waals surface area contributed by atoms with Crippen molar-refractivity contribution < 1.29 is 18.0 Å². The van der Waals surface area contributed by atoms with Gasteiger partial charge in [0.2, 0.25) is 0 Å². The lowest BCUT2D eigenvalue weighted by atomic mass is 10.1. The van der Waals surface area contributed by atoms with Gasteiger partial charge in [-0.05, 0) is 19.0 Å². The lowest BCUT2D eigenvalue weighted by molar-refractivity contribution is -0.141. The molecule has 0 spiro atoms. The molecule has 0 aliphatic carbocycles. The Labute approximate surface area is 132 Å². The standard InChI is InChI=1S/C14H20F3N5O/c1-2-6-21-7-3-11(4-8-21)18-19-13(23)10-22-9-5-12(20-22)14(15,16)17/h5,9H,2-4,6-8,10H2,1H3,(H,19,23). The van der Waals surface area contributed by atoms with Crippen LogP contribution in [0.1, 0.15) is 31.9 Å². The van der Waals surface area contributed by atoms with E-state index in [0.29, 0.717) is 0 Å². The van der Waals surface area contributed by atoms with Gasteiger partial charge in [0.1, 0.15) is 6.54 Å². The molecule has 1 aromatic heterocycles. The zero-order chi connectivity index (χ0) is 16.9. The van der Waals surface area contributed by atoms with Gasteiger partial charge in [0.25, 0.3) is 5.91 Å². The number of aromatic nitrogens is 2. The molecule has 0 radical (unpaired) electrons. The van der Waals surface area contributed by atoms with E-state index in [9.17, 15) is 18.0 Å². The van der Waals surface area contributed by atoms with Crippen molar-refractivity contribution >= 4 is 11.6 Å². The van der Waals surface area contributed by atoms with Crippen LogP contribution in [-0.2, 0) is 17.5 Å². The lowest BCUT2D eigenvalue weighted by Crippen LogP contribution is -2.35. The van der Waals surface area contributed by atoms with Crippen LogP contribution in [0, 0.1) is 0 Å². The number of amides is 1. The van der Waals surface area contributed by atoms with Gasteiger partial charge in [0.05, 0.1) is 0 Å². The minimum absolute atomic E-state index is 0.297. The molecule has 128 valence electrons. The van der Waals surface area contributed by atoms with Crippen molar-refractivity contribution in [1.82, 2.24) is 20.1 Å². The third kappa shape index (κ3) is 5.34. The van der Waals surface area contributed by atoms with Crippen molar-refractivity contribution in [2.24, 2.45) is 5.10 Å². The summed E-state index contributed by atoms with van der Waals surface area (Å²) in [5.41, 5.74) is 2.27. The Balaban J connectivity index is 1.79. The molecule has 0 aromatic carbocycles. The molecule has 1 aliphatic rings. The maximum atomic E-state index is 12.4. The summed E-state index contributed by atoms with van der Waals surface area (Å²) in [5.74, 6) is -0.495. The van der Waals surface area contributed by atoms with Crippen LogP contribution in [0.5, 0.6) is 0 Å². The molecular weight excluding hydrogens is 311 g/mol. The first kappa shape index (κ1) is 17.5. The van der Waals surface area contributed by atoms with Gasteiger partial charge in [0, 0.05) is 37.8 Å². The summed E-state index contributed by atoms with van der Waals surface area (Å²) >= 11 is 0. The summed E-state index contributed by atoms with van der Waals surface area (Å²) in [6.45, 7) is 4.71. The van der Waals surface area contributed by atoms with Crippen LogP contribution in [0.2, 0.25) is 0 Å². The molecule has 9 heteroatoms. The van der Waals surface area contributed by atoms with Crippen molar-refractivity contribution in [3.63, 3.8) is 0 Å². The Morgan fingerprint density at radius 2 is 2.09 bits per heavy atom. The zero-order valence-electron chi connectivity index (χ0n) is 12.9. The number of alkyl halides is 3. The highest BCUT2D eigenvalue weighted by atomic mass is 19.4. The maximum absolute atomic E-state index is 12.4. The highest BCUT2D eigenvalue weighted by Crippen LogP contribution is 2.27. The molecule has 1 amide bonds. The van der Waals surface area contributed by atoms with Crippen LogP contribution >= 0.6 is 0 Å². The van der Waals surface area contributed by atoms with Crippen molar-refractivity contribution in [1.29, 1.82) is 0 Å². The fourth-order valence-corrected chi connectivity index (χ4v) is 2.39. The minimum atomic E-state index is -4.51. The molecule has 2 rings (SSSR count). The highest BCUT2D eigenvalue weighted by Gasteiger charge is 2.33. The Bertz CT molecular complexity index is 557. The van der Waals surface area contributed by atoms with Gasteiger partial charge in [-0.15, -0.1) is 0 Å². The Hall–Kier alpha value is -1.90. The van der Waals surface area contributed by atoms with E-state index in [1.54, 1.807) is 0 Å². The highest BCUT2D eigenvalue weighted by molar-refractivity contribution is 5.87. The van der Waals surface area contributed by atoms with Gasteiger partial charge in [-0.25, -0.2) is 5.43 Å². The van der Waals surface area contributed by atoms with Gasteiger partial charge in [-0.1, -0.05) is 6.92 Å². The van der Waals surface area contributed by atoms with E-state index in [1.165, 1.54) is 0 Å². The average molecular weight is 331 g/mol. The molecule has 2 heterocycles. The van der Waals surface area contributed by atoms with Crippen molar-refractivity contribution in [3.05, 3.63) is 18.0 Å². The number of nitrogens with one attached hydrogen (secondary N) is 1. The fourth-order valence-electron chi connectivity index (χ4n) is 2.39. The first-order valence-electron chi connectivity index (χ1n) is 7.55. The van der Waals surface area contributed by atoms with E-state index >= 15 is 0 Å². The van der Waals surface area contributed by atoms with E-state index in [0.717, 1.165) is 61.6 Å². The number of piperidine rings is 1. The predicted molar refractivity (Wildman–Crippen MR) is 78.8 cm³/mol. The second-order valence-corrected chi connectivity index (χ2v) is 5.45. The molecule has 0 bridgehead atoms. The lowest BCUT2D eigenvalue weighted by Gasteiger charge is -2.26. The topological polar surface area (TPSA) is 62.5 Å². The second-order valence-electron chi connectivity index (χ2n) is 5.45. The molecule has 23 heavy (non-hydrogen) atoms. The van der Waals surface area contributed by atoms with Gasteiger partial charge >= 0.3 is 6.18 Å². The van der Waals surface area contributed by atoms with Gasteiger partial charge in [-0.2, -0.15) is 23.4 Å². The van der Waals surface area contributed by atoms with Gasteiger partial charge in [0.15, 0.2) is 5.69 Å². The van der Waals surface area contributed by atoms with Crippen LogP contribution < -0.4 is 5.43 Å². The van der Waals surface area contributed by atoms with Crippen molar-refractivity contribution in [2.75, 3.05) is 19.6 Å². The number of carbonyl (C=O) groups is 1. The van der Waals surface area contributed by atoms with E-state index < -0.39 is 17.8 Å². The van der Waals surface area contributed by atoms with E-state index in [-0.39, 0.29) is 6.54 Å². The number of carbonyl (C=O) groups excluding carboxylic acids is 1. The first-order valence-corrected chi connectivity index (χ1v) is 7.55. The van der Waals surface area contributed by atoms with E-state index in [4.69, 9.17) is 0 Å². The monoisotopic (exact) mass is 331 g/mol. The maximum Gasteiger partial charge on any atom is 0.435 e. The summed E-state index contributed by atoms with van der Waals surface area (Å²) < 4.78 is 38.2. The molecular formula is C14H20F3N5O. The molecule has 6 nitrogen and oxygen atoms in total. The third-order valence-electron chi connectivity index (χ3n) is 3.55. The van der Waals surface area contributed by atoms with Gasteiger partial charge in [-0.3, -0.25) is 9.48 Å². The summed E-state index contributed by atoms with van der Waals surface area (Å²) in [4.78, 5) is 14.0. The third-order valence-corrected chi connectivity index (χ3v) is 3.55. The molecule has 0 atom stereocenters. The SMILES string of the molecule is CCCN1CCC(=NNC(=O)Cn2ccc(C(F)(F)F)n2)CC1. The van der Waals surface area contributed by atoms with Crippen molar-refractivity contribution in [3.8, 4) is 0 Å². The summed E-state index contributed by atoms with van der Waals surface area (Å²) in [6.07, 6.45) is -0.694. The summed E-state index contributed by atoms with van der Waals surface area (Å²) in [7, 11) is 0. The first-order chi connectivity index (χ1) is 10.9. The molecule has 1 fully saturated rings. The fraction of sp³-hybridized carbons (Fsp3) is 0.643. The zero-order valence-corrected chi connectivity index (χ0v) is 12.9. The summed E-state index contributed by atoms with van der Waals surface area (Å²) in [5, 5.41) is 7.38. The predicted octanol–water partition coefficient (Wildman–Crippen LogP) is 1.88. The number of rotatable bonds is 5. The molecule has 1 aliphatic heterocycles. The van der Waals surface area contributed by atoms with Crippen LogP contribution in [-0.4, -0.2) is 45.9 Å². The number of likely N-dealkylation sites (tertiary alicyclic amines) is 1. The van der Waals surface area contributed by atoms with Crippen LogP contribution in [0.15, 0.2) is 17.4 Å². The number of hydrazone groups is 1. The number of halogens is 3. The quantitative estimate of drug-likeness (QED) is 0.838.